The summed E-state index contributed by atoms with van der Waals surface area (Å²) < 4.78 is 1.98. The first-order valence-corrected chi connectivity index (χ1v) is 5.75. The lowest BCUT2D eigenvalue weighted by Gasteiger charge is -2.14. The van der Waals surface area contributed by atoms with Gasteiger partial charge in [-0.1, -0.05) is 25.6 Å². The second-order valence-electron chi connectivity index (χ2n) is 3.81. The monoisotopic (exact) mass is 214 g/mol. The molecule has 2 N–H and O–H groups in total. The van der Waals surface area contributed by atoms with E-state index in [0.29, 0.717) is 5.92 Å². The van der Waals surface area contributed by atoms with Gasteiger partial charge < -0.3 is 10.3 Å². The summed E-state index contributed by atoms with van der Waals surface area (Å²) in [6.07, 6.45) is 0. The maximum atomic E-state index is 5.94. The van der Waals surface area contributed by atoms with Crippen molar-refractivity contribution in [3.05, 3.63) is 5.82 Å². The largest absolute Gasteiger partial charge is 0.327 e. The minimum absolute atomic E-state index is 0.219. The molecule has 0 bridgehead atoms. The quantitative estimate of drug-likeness (QED) is 0.765. The van der Waals surface area contributed by atoms with Gasteiger partial charge in [0, 0.05) is 18.8 Å². The van der Waals surface area contributed by atoms with Crippen molar-refractivity contribution in [3.63, 3.8) is 0 Å². The van der Waals surface area contributed by atoms with E-state index >= 15 is 0 Å². The Bertz CT molecular complexity index is 295. The lowest BCUT2D eigenvalue weighted by atomic mass is 10.1. The maximum absolute atomic E-state index is 5.94. The number of hydrogen-bond acceptors (Lipinski definition) is 4. The van der Waals surface area contributed by atoms with E-state index in [4.69, 9.17) is 5.73 Å². The fraction of sp³-hybridized carbons (Fsp3) is 0.778. The number of thioether (sulfide) groups is 1. The molecule has 14 heavy (non-hydrogen) atoms. The van der Waals surface area contributed by atoms with Gasteiger partial charge in [0.2, 0.25) is 0 Å². The second kappa shape index (κ2) is 4.79. The van der Waals surface area contributed by atoms with Crippen LogP contribution in [0.15, 0.2) is 5.16 Å². The molecular formula is C9H18N4S. The number of nitrogens with zero attached hydrogens (tertiary/aromatic N) is 3. The predicted octanol–water partition coefficient (Wildman–Crippen LogP) is 1.20. The van der Waals surface area contributed by atoms with Crippen LogP contribution in [0.1, 0.15) is 19.7 Å². The highest BCUT2D eigenvalue weighted by Gasteiger charge is 2.11. The van der Waals surface area contributed by atoms with Crippen molar-refractivity contribution in [3.8, 4) is 0 Å². The van der Waals surface area contributed by atoms with Crippen LogP contribution in [-0.2, 0) is 7.05 Å². The highest BCUT2D eigenvalue weighted by Crippen LogP contribution is 2.17. The van der Waals surface area contributed by atoms with Crippen molar-refractivity contribution in [1.29, 1.82) is 0 Å². The molecule has 0 spiro atoms. The van der Waals surface area contributed by atoms with Gasteiger partial charge in [0.05, 0.1) is 0 Å². The zero-order valence-corrected chi connectivity index (χ0v) is 10.0. The van der Waals surface area contributed by atoms with Gasteiger partial charge in [0.1, 0.15) is 5.82 Å². The smallest absolute Gasteiger partial charge is 0.190 e. The molecule has 1 heterocycles. The van der Waals surface area contributed by atoms with E-state index in [1.807, 2.05) is 18.5 Å². The van der Waals surface area contributed by atoms with Gasteiger partial charge in [0.25, 0.3) is 0 Å². The predicted molar refractivity (Wildman–Crippen MR) is 59.3 cm³/mol. The standard InChI is InChI=1S/C9H18N4S/c1-6(2)8(10)5-14-9-12-11-7(3)13(9)4/h6,8H,5,10H2,1-4H3. The zero-order chi connectivity index (χ0) is 10.7. The Hall–Kier alpha value is -0.550. The van der Waals surface area contributed by atoms with Crippen LogP contribution in [0.2, 0.25) is 0 Å². The molecule has 80 valence electrons. The molecular weight excluding hydrogens is 196 g/mol. The number of aromatic nitrogens is 3. The minimum atomic E-state index is 0.219. The summed E-state index contributed by atoms with van der Waals surface area (Å²) in [4.78, 5) is 0. The molecule has 1 aromatic heterocycles. The van der Waals surface area contributed by atoms with Crippen molar-refractivity contribution >= 4 is 11.8 Å². The maximum Gasteiger partial charge on any atom is 0.190 e. The van der Waals surface area contributed by atoms with Gasteiger partial charge in [0.15, 0.2) is 5.16 Å². The van der Waals surface area contributed by atoms with E-state index in [9.17, 15) is 0 Å². The average Bonchev–Trinajstić information content (AvgIpc) is 2.44. The zero-order valence-electron chi connectivity index (χ0n) is 9.19. The molecule has 0 saturated heterocycles. The highest BCUT2D eigenvalue weighted by molar-refractivity contribution is 7.99. The molecule has 0 aromatic carbocycles. The SMILES string of the molecule is Cc1nnc(SCC(N)C(C)C)n1C. The Kier molecular flexibility index (Phi) is 3.95. The van der Waals surface area contributed by atoms with Crippen LogP contribution in [-0.4, -0.2) is 26.6 Å². The molecule has 0 radical (unpaired) electrons. The van der Waals surface area contributed by atoms with Gasteiger partial charge in [-0.3, -0.25) is 0 Å². The van der Waals surface area contributed by atoms with Crippen LogP contribution >= 0.6 is 11.8 Å². The van der Waals surface area contributed by atoms with Crippen molar-refractivity contribution in [2.45, 2.75) is 32.0 Å². The Morgan fingerprint density at radius 2 is 2.07 bits per heavy atom. The Morgan fingerprint density at radius 3 is 2.50 bits per heavy atom. The summed E-state index contributed by atoms with van der Waals surface area (Å²) in [6, 6.07) is 0.219. The number of nitrogens with two attached hydrogens (primary N) is 1. The van der Waals surface area contributed by atoms with Gasteiger partial charge >= 0.3 is 0 Å². The first-order chi connectivity index (χ1) is 6.52. The molecule has 1 unspecified atom stereocenters. The van der Waals surface area contributed by atoms with Crippen LogP contribution in [0.5, 0.6) is 0 Å². The summed E-state index contributed by atoms with van der Waals surface area (Å²) in [5, 5.41) is 9.00. The molecule has 1 rings (SSSR count). The third-order valence-electron chi connectivity index (χ3n) is 2.31. The Labute approximate surface area is 89.3 Å². The molecule has 0 amide bonds. The third-order valence-corrected chi connectivity index (χ3v) is 3.48. The van der Waals surface area contributed by atoms with E-state index in [-0.39, 0.29) is 6.04 Å². The summed E-state index contributed by atoms with van der Waals surface area (Å²) in [6.45, 7) is 6.21. The van der Waals surface area contributed by atoms with E-state index in [1.54, 1.807) is 11.8 Å². The molecule has 4 nitrogen and oxygen atoms in total. The molecule has 1 atom stereocenters. The highest BCUT2D eigenvalue weighted by atomic mass is 32.2. The summed E-state index contributed by atoms with van der Waals surface area (Å²) in [5.41, 5.74) is 5.94. The van der Waals surface area contributed by atoms with Gasteiger partial charge in [-0.15, -0.1) is 10.2 Å². The first kappa shape index (κ1) is 11.5. The molecule has 5 heteroatoms. The fourth-order valence-corrected chi connectivity index (χ4v) is 2.03. The van der Waals surface area contributed by atoms with Crippen LogP contribution in [0.3, 0.4) is 0 Å². The molecule has 0 aliphatic carbocycles. The fourth-order valence-electron chi connectivity index (χ4n) is 0.877. The van der Waals surface area contributed by atoms with Crippen molar-refractivity contribution < 1.29 is 0 Å². The Morgan fingerprint density at radius 1 is 1.43 bits per heavy atom. The van der Waals surface area contributed by atoms with Crippen LogP contribution in [0, 0.1) is 12.8 Å². The second-order valence-corrected chi connectivity index (χ2v) is 4.79. The van der Waals surface area contributed by atoms with Crippen LogP contribution in [0.25, 0.3) is 0 Å². The molecule has 0 fully saturated rings. The van der Waals surface area contributed by atoms with Gasteiger partial charge in [-0.05, 0) is 12.8 Å². The van der Waals surface area contributed by atoms with Crippen LogP contribution < -0.4 is 5.73 Å². The molecule has 0 saturated carbocycles. The van der Waals surface area contributed by atoms with E-state index in [2.05, 4.69) is 24.0 Å². The lowest BCUT2D eigenvalue weighted by Crippen LogP contribution is -2.28. The number of hydrogen-bond donors (Lipinski definition) is 1. The topological polar surface area (TPSA) is 56.7 Å². The minimum Gasteiger partial charge on any atom is -0.327 e. The first-order valence-electron chi connectivity index (χ1n) is 4.76. The van der Waals surface area contributed by atoms with E-state index in [0.717, 1.165) is 16.7 Å². The molecule has 0 aliphatic heterocycles. The van der Waals surface area contributed by atoms with Crippen LogP contribution in [0.4, 0.5) is 0 Å². The van der Waals surface area contributed by atoms with Gasteiger partial charge in [-0.2, -0.15) is 0 Å². The summed E-state index contributed by atoms with van der Waals surface area (Å²) >= 11 is 1.67. The molecule has 1 aromatic rings. The Balaban J connectivity index is 2.50. The third kappa shape index (κ3) is 2.72. The average molecular weight is 214 g/mol. The molecule has 0 aliphatic rings. The lowest BCUT2D eigenvalue weighted by molar-refractivity contribution is 0.535. The van der Waals surface area contributed by atoms with Crippen molar-refractivity contribution in [1.82, 2.24) is 14.8 Å². The number of rotatable bonds is 4. The van der Waals surface area contributed by atoms with E-state index < -0.39 is 0 Å². The normalized spacial score (nSPS) is 13.6. The summed E-state index contributed by atoms with van der Waals surface area (Å²) in [7, 11) is 1.97. The van der Waals surface area contributed by atoms with Crippen molar-refractivity contribution in [2.75, 3.05) is 5.75 Å². The van der Waals surface area contributed by atoms with E-state index in [1.165, 1.54) is 0 Å². The number of aryl methyl sites for hydroxylation is 1. The summed E-state index contributed by atoms with van der Waals surface area (Å²) in [5.74, 6) is 2.34. The van der Waals surface area contributed by atoms with Crippen molar-refractivity contribution in [2.24, 2.45) is 18.7 Å². The van der Waals surface area contributed by atoms with Gasteiger partial charge in [-0.25, -0.2) is 0 Å².